The molecule has 1 aromatic carbocycles. The summed E-state index contributed by atoms with van der Waals surface area (Å²) in [5, 5.41) is 14.2. The van der Waals surface area contributed by atoms with E-state index in [9.17, 15) is 10.1 Å². The van der Waals surface area contributed by atoms with Crippen LogP contribution in [0.4, 0.5) is 5.69 Å². The fourth-order valence-corrected chi connectivity index (χ4v) is 1.74. The summed E-state index contributed by atoms with van der Waals surface area (Å²) in [5.74, 6) is 0.314. The van der Waals surface area contributed by atoms with Gasteiger partial charge in [0, 0.05) is 32.7 Å². The molecule has 112 valence electrons. The van der Waals surface area contributed by atoms with Gasteiger partial charge in [-0.05, 0) is 25.1 Å². The second kappa shape index (κ2) is 8.50. The first kappa shape index (κ1) is 16.4. The highest BCUT2D eigenvalue weighted by atomic mass is 16.6. The normalized spacial score (nSPS) is 12.2. The van der Waals surface area contributed by atoms with Crippen LogP contribution in [0, 0.1) is 10.1 Å². The zero-order chi connectivity index (χ0) is 15.0. The number of ether oxygens (including phenoxy) is 2. The Morgan fingerprint density at radius 3 is 2.80 bits per heavy atom. The van der Waals surface area contributed by atoms with Crippen molar-refractivity contribution < 1.29 is 14.4 Å². The molecule has 1 unspecified atom stereocenters. The van der Waals surface area contributed by atoms with Gasteiger partial charge in [-0.2, -0.15) is 0 Å². The number of nitro benzene ring substituents is 1. The number of hydrogen-bond donors (Lipinski definition) is 1. The highest BCUT2D eigenvalue weighted by Crippen LogP contribution is 2.29. The molecule has 1 N–H and O–H groups in total. The molecule has 6 nitrogen and oxygen atoms in total. The van der Waals surface area contributed by atoms with E-state index in [1.807, 2.05) is 13.8 Å². The van der Waals surface area contributed by atoms with Crippen LogP contribution in [0.25, 0.3) is 0 Å². The molecule has 0 fully saturated rings. The number of rotatable bonds is 9. The van der Waals surface area contributed by atoms with Crippen LogP contribution in [0.1, 0.15) is 25.8 Å². The Hall–Kier alpha value is -1.66. The molecule has 1 atom stereocenters. The molecule has 0 radical (unpaired) electrons. The van der Waals surface area contributed by atoms with Gasteiger partial charge >= 0.3 is 5.69 Å². The zero-order valence-electron chi connectivity index (χ0n) is 12.2. The molecule has 0 saturated carbocycles. The average molecular weight is 282 g/mol. The third kappa shape index (κ3) is 5.14. The molecule has 0 saturated heterocycles. The van der Waals surface area contributed by atoms with Crippen molar-refractivity contribution in [3.05, 3.63) is 33.9 Å². The van der Waals surface area contributed by atoms with Crippen molar-refractivity contribution in [3.63, 3.8) is 0 Å². The van der Waals surface area contributed by atoms with E-state index < -0.39 is 4.92 Å². The van der Waals surface area contributed by atoms with Crippen LogP contribution in [0.3, 0.4) is 0 Å². The minimum Gasteiger partial charge on any atom is -0.484 e. The van der Waals surface area contributed by atoms with Crippen molar-refractivity contribution in [2.45, 2.75) is 32.9 Å². The SMILES string of the molecule is CCNCc1ccc([N+](=O)[O-])c(OC(C)CCOC)c1. The van der Waals surface area contributed by atoms with Gasteiger partial charge in [-0.1, -0.05) is 13.0 Å². The summed E-state index contributed by atoms with van der Waals surface area (Å²) in [6, 6.07) is 4.96. The topological polar surface area (TPSA) is 73.6 Å². The van der Waals surface area contributed by atoms with Gasteiger partial charge in [0.2, 0.25) is 0 Å². The van der Waals surface area contributed by atoms with Gasteiger partial charge in [0.25, 0.3) is 0 Å². The van der Waals surface area contributed by atoms with E-state index in [0.717, 1.165) is 12.1 Å². The number of nitro groups is 1. The average Bonchev–Trinajstić information content (AvgIpc) is 2.42. The van der Waals surface area contributed by atoms with Crippen molar-refractivity contribution in [2.24, 2.45) is 0 Å². The zero-order valence-corrected chi connectivity index (χ0v) is 12.2. The van der Waals surface area contributed by atoms with Crippen molar-refractivity contribution >= 4 is 5.69 Å². The maximum atomic E-state index is 11.0. The lowest BCUT2D eigenvalue weighted by Crippen LogP contribution is -2.16. The molecule has 6 heteroatoms. The Morgan fingerprint density at radius 1 is 1.45 bits per heavy atom. The minimum atomic E-state index is -0.421. The van der Waals surface area contributed by atoms with Crippen LogP contribution in [0.5, 0.6) is 5.75 Å². The molecule has 0 heterocycles. The highest BCUT2D eigenvalue weighted by Gasteiger charge is 2.17. The Morgan fingerprint density at radius 2 is 2.20 bits per heavy atom. The third-order valence-electron chi connectivity index (χ3n) is 2.86. The summed E-state index contributed by atoms with van der Waals surface area (Å²) in [6.07, 6.45) is 0.550. The lowest BCUT2D eigenvalue weighted by Gasteiger charge is -2.15. The van der Waals surface area contributed by atoms with Crippen LogP contribution < -0.4 is 10.1 Å². The largest absolute Gasteiger partial charge is 0.484 e. The Balaban J connectivity index is 2.85. The van der Waals surface area contributed by atoms with Gasteiger partial charge < -0.3 is 14.8 Å². The first-order valence-electron chi connectivity index (χ1n) is 6.72. The fraction of sp³-hybridized carbons (Fsp3) is 0.571. The van der Waals surface area contributed by atoms with Crippen LogP contribution in [-0.2, 0) is 11.3 Å². The van der Waals surface area contributed by atoms with E-state index in [-0.39, 0.29) is 11.8 Å². The van der Waals surface area contributed by atoms with Crippen LogP contribution in [0.15, 0.2) is 18.2 Å². The smallest absolute Gasteiger partial charge is 0.310 e. The number of hydrogen-bond acceptors (Lipinski definition) is 5. The Bertz CT molecular complexity index is 437. The van der Waals surface area contributed by atoms with Gasteiger partial charge in [0.05, 0.1) is 11.0 Å². The van der Waals surface area contributed by atoms with Crippen molar-refractivity contribution in [1.82, 2.24) is 5.32 Å². The molecule has 0 aliphatic carbocycles. The first-order valence-corrected chi connectivity index (χ1v) is 6.72. The number of nitrogens with zero attached hydrogens (tertiary/aromatic N) is 1. The summed E-state index contributed by atoms with van der Waals surface area (Å²) in [5.41, 5.74) is 0.959. The Labute approximate surface area is 119 Å². The number of benzene rings is 1. The fourth-order valence-electron chi connectivity index (χ4n) is 1.74. The second-order valence-corrected chi connectivity index (χ2v) is 4.55. The number of methoxy groups -OCH3 is 1. The monoisotopic (exact) mass is 282 g/mol. The molecular weight excluding hydrogens is 260 g/mol. The Kier molecular flexibility index (Phi) is 6.97. The molecule has 0 amide bonds. The first-order chi connectivity index (χ1) is 9.58. The van der Waals surface area contributed by atoms with Crippen molar-refractivity contribution in [1.29, 1.82) is 0 Å². The standard InChI is InChI=1S/C14H22N2O4/c1-4-15-10-12-5-6-13(16(17)18)14(9-12)20-11(2)7-8-19-3/h5-6,9,11,15H,4,7-8,10H2,1-3H3. The summed E-state index contributed by atoms with van der Waals surface area (Å²) in [4.78, 5) is 10.6. The molecule has 0 spiro atoms. The molecule has 1 rings (SSSR count). The molecule has 0 aliphatic rings. The van der Waals surface area contributed by atoms with E-state index in [4.69, 9.17) is 9.47 Å². The summed E-state index contributed by atoms with van der Waals surface area (Å²) < 4.78 is 10.7. The van der Waals surface area contributed by atoms with Gasteiger partial charge in [-0.25, -0.2) is 0 Å². The van der Waals surface area contributed by atoms with E-state index in [1.54, 1.807) is 19.2 Å². The number of nitrogens with one attached hydrogen (secondary N) is 1. The van der Waals surface area contributed by atoms with E-state index in [0.29, 0.717) is 25.3 Å². The third-order valence-corrected chi connectivity index (χ3v) is 2.86. The van der Waals surface area contributed by atoms with Gasteiger partial charge in [0.15, 0.2) is 5.75 Å². The minimum absolute atomic E-state index is 0.00508. The van der Waals surface area contributed by atoms with Crippen molar-refractivity contribution in [3.8, 4) is 5.75 Å². The maximum absolute atomic E-state index is 11.0. The molecule has 1 aromatic rings. The van der Waals surface area contributed by atoms with Gasteiger partial charge in [0.1, 0.15) is 0 Å². The van der Waals surface area contributed by atoms with E-state index >= 15 is 0 Å². The highest BCUT2D eigenvalue weighted by molar-refractivity contribution is 5.48. The van der Waals surface area contributed by atoms with Crippen LogP contribution in [-0.4, -0.2) is 31.3 Å². The maximum Gasteiger partial charge on any atom is 0.310 e. The van der Waals surface area contributed by atoms with E-state index in [2.05, 4.69) is 5.32 Å². The summed E-state index contributed by atoms with van der Waals surface area (Å²) in [7, 11) is 1.62. The lowest BCUT2D eigenvalue weighted by molar-refractivity contribution is -0.386. The predicted molar refractivity (Wildman–Crippen MR) is 77.1 cm³/mol. The molecule has 0 aliphatic heterocycles. The summed E-state index contributed by atoms with van der Waals surface area (Å²) in [6.45, 7) is 5.95. The van der Waals surface area contributed by atoms with Crippen molar-refractivity contribution in [2.75, 3.05) is 20.3 Å². The van der Waals surface area contributed by atoms with Crippen LogP contribution in [0.2, 0.25) is 0 Å². The molecular formula is C14H22N2O4. The summed E-state index contributed by atoms with van der Waals surface area (Å²) >= 11 is 0. The lowest BCUT2D eigenvalue weighted by atomic mass is 10.2. The van der Waals surface area contributed by atoms with Gasteiger partial charge in [-0.15, -0.1) is 0 Å². The molecule has 20 heavy (non-hydrogen) atoms. The van der Waals surface area contributed by atoms with E-state index in [1.165, 1.54) is 6.07 Å². The predicted octanol–water partition coefficient (Wildman–Crippen LogP) is 2.51. The molecule has 0 aromatic heterocycles. The quantitative estimate of drug-likeness (QED) is 0.556. The van der Waals surface area contributed by atoms with Gasteiger partial charge in [-0.3, -0.25) is 10.1 Å². The molecule has 0 bridgehead atoms. The van der Waals surface area contributed by atoms with Crippen LogP contribution >= 0.6 is 0 Å². The second-order valence-electron chi connectivity index (χ2n) is 4.55.